The minimum Gasteiger partial charge on any atom is -0.355 e. The molecular weight excluding hydrogens is 264 g/mol. The van der Waals surface area contributed by atoms with Crippen molar-refractivity contribution in [2.75, 3.05) is 18.0 Å². The van der Waals surface area contributed by atoms with Crippen molar-refractivity contribution < 1.29 is 4.79 Å². The molecule has 1 saturated carbocycles. The first-order chi connectivity index (χ1) is 10.2. The van der Waals surface area contributed by atoms with Crippen LogP contribution in [0.1, 0.15) is 55.9 Å². The molecule has 2 aliphatic rings. The summed E-state index contributed by atoms with van der Waals surface area (Å²) in [4.78, 5) is 23.1. The highest BCUT2D eigenvalue weighted by Crippen LogP contribution is 2.21. The van der Waals surface area contributed by atoms with Gasteiger partial charge >= 0.3 is 0 Å². The number of aromatic nitrogens is 2. The average molecular weight is 288 g/mol. The fourth-order valence-corrected chi connectivity index (χ4v) is 3.17. The Hall–Kier alpha value is -1.65. The van der Waals surface area contributed by atoms with Gasteiger partial charge in [-0.3, -0.25) is 4.79 Å². The number of nitrogens with zero attached hydrogens (tertiary/aromatic N) is 3. The van der Waals surface area contributed by atoms with Crippen molar-refractivity contribution in [2.45, 2.75) is 51.5 Å². The van der Waals surface area contributed by atoms with Gasteiger partial charge in [-0.1, -0.05) is 19.8 Å². The lowest BCUT2D eigenvalue weighted by molar-refractivity contribution is 0.0932. The Morgan fingerprint density at radius 1 is 1.14 bits per heavy atom. The molecule has 1 amide bonds. The topological polar surface area (TPSA) is 58.1 Å². The molecule has 2 fully saturated rings. The average Bonchev–Trinajstić information content (AvgIpc) is 3.01. The maximum absolute atomic E-state index is 12.1. The molecule has 1 aromatic heterocycles. The third-order valence-electron chi connectivity index (χ3n) is 4.67. The van der Waals surface area contributed by atoms with Gasteiger partial charge in [-0.15, -0.1) is 0 Å². The smallest absolute Gasteiger partial charge is 0.271 e. The van der Waals surface area contributed by atoms with Crippen LogP contribution >= 0.6 is 0 Å². The third kappa shape index (κ3) is 3.52. The molecule has 21 heavy (non-hydrogen) atoms. The first-order valence-corrected chi connectivity index (χ1v) is 8.10. The zero-order valence-corrected chi connectivity index (χ0v) is 12.7. The molecular formula is C16H24N4O. The lowest BCUT2D eigenvalue weighted by atomic mass is 9.99. The molecule has 5 heteroatoms. The number of piperidine rings is 1. The van der Waals surface area contributed by atoms with Crippen LogP contribution in [0, 0.1) is 5.92 Å². The molecule has 1 aliphatic carbocycles. The normalized spacial score (nSPS) is 20.7. The lowest BCUT2D eigenvalue weighted by Crippen LogP contribution is -2.34. The van der Waals surface area contributed by atoms with Gasteiger partial charge in [0.15, 0.2) is 0 Å². The Kier molecular flexibility index (Phi) is 4.36. The van der Waals surface area contributed by atoms with E-state index in [0.29, 0.717) is 11.7 Å². The predicted octanol–water partition coefficient (Wildman–Crippen LogP) is 2.39. The fraction of sp³-hybridized carbons (Fsp3) is 0.688. The summed E-state index contributed by atoms with van der Waals surface area (Å²) in [5, 5.41) is 3.04. The van der Waals surface area contributed by atoms with E-state index in [2.05, 4.69) is 27.1 Å². The van der Waals surface area contributed by atoms with Crippen LogP contribution in [0.4, 0.5) is 5.82 Å². The first-order valence-electron chi connectivity index (χ1n) is 8.10. The number of anilines is 1. The quantitative estimate of drug-likeness (QED) is 0.928. The van der Waals surface area contributed by atoms with E-state index in [1.165, 1.54) is 25.7 Å². The van der Waals surface area contributed by atoms with Gasteiger partial charge in [0.1, 0.15) is 11.5 Å². The van der Waals surface area contributed by atoms with Crippen LogP contribution < -0.4 is 10.2 Å². The molecule has 0 atom stereocenters. The SMILES string of the molecule is CC1CCN(c2cnc(C(=O)NC3CCCC3)cn2)CC1. The van der Waals surface area contributed by atoms with E-state index in [0.717, 1.165) is 37.7 Å². The number of carbonyl (C=O) groups is 1. The minimum atomic E-state index is -0.0896. The molecule has 1 saturated heterocycles. The Labute approximate surface area is 126 Å². The maximum Gasteiger partial charge on any atom is 0.271 e. The zero-order valence-electron chi connectivity index (χ0n) is 12.7. The molecule has 1 aromatic rings. The molecule has 0 spiro atoms. The molecule has 0 bridgehead atoms. The summed E-state index contributed by atoms with van der Waals surface area (Å²) in [6.07, 6.45) is 10.3. The predicted molar refractivity (Wildman–Crippen MR) is 82.4 cm³/mol. The van der Waals surface area contributed by atoms with Gasteiger partial charge in [-0.25, -0.2) is 9.97 Å². The summed E-state index contributed by atoms with van der Waals surface area (Å²) in [5.74, 6) is 1.60. The van der Waals surface area contributed by atoms with E-state index in [4.69, 9.17) is 0 Å². The number of hydrogen-bond donors (Lipinski definition) is 1. The van der Waals surface area contributed by atoms with Gasteiger partial charge in [0.25, 0.3) is 5.91 Å². The highest BCUT2D eigenvalue weighted by molar-refractivity contribution is 5.92. The Balaban J connectivity index is 1.59. The van der Waals surface area contributed by atoms with E-state index in [1.54, 1.807) is 12.4 Å². The molecule has 3 rings (SSSR count). The molecule has 1 aliphatic heterocycles. The van der Waals surface area contributed by atoms with E-state index in [-0.39, 0.29) is 5.91 Å². The van der Waals surface area contributed by atoms with Crippen molar-refractivity contribution in [2.24, 2.45) is 5.92 Å². The molecule has 1 N–H and O–H groups in total. The van der Waals surface area contributed by atoms with Crippen molar-refractivity contribution in [1.29, 1.82) is 0 Å². The van der Waals surface area contributed by atoms with Gasteiger partial charge in [-0.2, -0.15) is 0 Å². The van der Waals surface area contributed by atoms with E-state index in [9.17, 15) is 4.79 Å². The van der Waals surface area contributed by atoms with E-state index in [1.807, 2.05) is 0 Å². The van der Waals surface area contributed by atoms with Crippen molar-refractivity contribution in [3.05, 3.63) is 18.1 Å². The number of carbonyl (C=O) groups excluding carboxylic acids is 1. The van der Waals surface area contributed by atoms with Gasteiger partial charge in [-0.05, 0) is 31.6 Å². The highest BCUT2D eigenvalue weighted by Gasteiger charge is 2.20. The number of nitrogens with one attached hydrogen (secondary N) is 1. The summed E-state index contributed by atoms with van der Waals surface area (Å²) in [5.41, 5.74) is 0.427. The summed E-state index contributed by atoms with van der Waals surface area (Å²) in [6.45, 7) is 4.35. The van der Waals surface area contributed by atoms with Crippen molar-refractivity contribution >= 4 is 11.7 Å². The van der Waals surface area contributed by atoms with Gasteiger partial charge in [0, 0.05) is 19.1 Å². The van der Waals surface area contributed by atoms with Crippen LogP contribution in [-0.4, -0.2) is 35.0 Å². The number of hydrogen-bond acceptors (Lipinski definition) is 4. The fourth-order valence-electron chi connectivity index (χ4n) is 3.17. The largest absolute Gasteiger partial charge is 0.355 e. The highest BCUT2D eigenvalue weighted by atomic mass is 16.1. The Morgan fingerprint density at radius 3 is 2.48 bits per heavy atom. The van der Waals surface area contributed by atoms with Gasteiger partial charge in [0.05, 0.1) is 12.4 Å². The van der Waals surface area contributed by atoms with Crippen LogP contribution in [-0.2, 0) is 0 Å². The molecule has 0 radical (unpaired) electrons. The first kappa shape index (κ1) is 14.3. The summed E-state index contributed by atoms with van der Waals surface area (Å²) >= 11 is 0. The summed E-state index contributed by atoms with van der Waals surface area (Å²) < 4.78 is 0. The number of amides is 1. The Bertz CT molecular complexity index is 474. The molecule has 114 valence electrons. The molecule has 0 aromatic carbocycles. The second-order valence-electron chi connectivity index (χ2n) is 6.38. The molecule has 5 nitrogen and oxygen atoms in total. The maximum atomic E-state index is 12.1. The lowest BCUT2D eigenvalue weighted by Gasteiger charge is -2.30. The molecule has 2 heterocycles. The van der Waals surface area contributed by atoms with Crippen LogP contribution in [0.2, 0.25) is 0 Å². The summed E-state index contributed by atoms with van der Waals surface area (Å²) in [7, 11) is 0. The van der Waals surface area contributed by atoms with Gasteiger partial charge in [0.2, 0.25) is 0 Å². The van der Waals surface area contributed by atoms with Crippen LogP contribution in [0.3, 0.4) is 0 Å². The molecule has 0 unspecified atom stereocenters. The van der Waals surface area contributed by atoms with Crippen molar-refractivity contribution in [1.82, 2.24) is 15.3 Å². The van der Waals surface area contributed by atoms with E-state index >= 15 is 0 Å². The van der Waals surface area contributed by atoms with Gasteiger partial charge < -0.3 is 10.2 Å². The minimum absolute atomic E-state index is 0.0896. The second kappa shape index (κ2) is 6.41. The second-order valence-corrected chi connectivity index (χ2v) is 6.38. The monoisotopic (exact) mass is 288 g/mol. The van der Waals surface area contributed by atoms with Crippen LogP contribution in [0.5, 0.6) is 0 Å². The standard InChI is InChI=1S/C16H24N4O/c1-12-6-8-20(9-7-12)15-11-17-14(10-18-15)16(21)19-13-4-2-3-5-13/h10-13H,2-9H2,1H3,(H,19,21). The zero-order chi connectivity index (χ0) is 14.7. The summed E-state index contributed by atoms with van der Waals surface area (Å²) in [6, 6.07) is 0.322. The Morgan fingerprint density at radius 2 is 1.86 bits per heavy atom. The van der Waals surface area contributed by atoms with Crippen LogP contribution in [0.15, 0.2) is 12.4 Å². The van der Waals surface area contributed by atoms with Crippen LogP contribution in [0.25, 0.3) is 0 Å². The van der Waals surface area contributed by atoms with E-state index < -0.39 is 0 Å². The van der Waals surface area contributed by atoms with Crippen molar-refractivity contribution in [3.63, 3.8) is 0 Å². The third-order valence-corrected chi connectivity index (χ3v) is 4.67. The van der Waals surface area contributed by atoms with Crippen molar-refractivity contribution in [3.8, 4) is 0 Å². The number of rotatable bonds is 3.